The van der Waals surface area contributed by atoms with Crippen LogP contribution in [0.4, 0.5) is 10.5 Å². The Bertz CT molecular complexity index is 688. The number of hydrogen-bond donors (Lipinski definition) is 1. The minimum Gasteiger partial charge on any atom is -0.383 e. The van der Waals surface area contributed by atoms with Gasteiger partial charge in [-0.1, -0.05) is 30.3 Å². The predicted octanol–water partition coefficient (Wildman–Crippen LogP) is 2.05. The molecule has 1 atom stereocenters. The summed E-state index contributed by atoms with van der Waals surface area (Å²) in [6.45, 7) is 3.63. The Morgan fingerprint density at radius 3 is 2.88 bits per heavy atom. The molecule has 1 fully saturated rings. The molecule has 0 spiro atoms. The third-order valence-electron chi connectivity index (χ3n) is 4.44. The van der Waals surface area contributed by atoms with Crippen molar-refractivity contribution in [3.8, 4) is 0 Å². The molecular weight excluding hydrogens is 318 g/mol. The van der Waals surface area contributed by atoms with E-state index in [4.69, 9.17) is 4.74 Å². The van der Waals surface area contributed by atoms with Crippen LogP contribution in [0.5, 0.6) is 0 Å². The second-order valence-electron chi connectivity index (χ2n) is 6.30. The highest BCUT2D eigenvalue weighted by Crippen LogP contribution is 2.25. The van der Waals surface area contributed by atoms with Gasteiger partial charge < -0.3 is 19.9 Å². The minimum atomic E-state index is -0.0896. The van der Waals surface area contributed by atoms with Crippen LogP contribution in [0, 0.1) is 0 Å². The smallest absolute Gasteiger partial charge is 0.322 e. The second-order valence-corrected chi connectivity index (χ2v) is 6.30. The first-order valence-electron chi connectivity index (χ1n) is 8.50. The van der Waals surface area contributed by atoms with E-state index >= 15 is 0 Å². The number of benzene rings is 1. The van der Waals surface area contributed by atoms with Crippen LogP contribution in [-0.4, -0.2) is 66.0 Å². The Kier molecular flexibility index (Phi) is 5.67. The predicted molar refractivity (Wildman–Crippen MR) is 96.5 cm³/mol. The van der Waals surface area contributed by atoms with Gasteiger partial charge in [0.25, 0.3) is 0 Å². The van der Waals surface area contributed by atoms with Gasteiger partial charge in [0.2, 0.25) is 0 Å². The number of carbonyl (C=O) groups is 1. The molecule has 25 heavy (non-hydrogen) atoms. The Morgan fingerprint density at radius 1 is 1.32 bits per heavy atom. The van der Waals surface area contributed by atoms with Crippen molar-refractivity contribution < 1.29 is 9.53 Å². The van der Waals surface area contributed by atoms with Gasteiger partial charge in [-0.15, -0.1) is 0 Å². The van der Waals surface area contributed by atoms with Crippen molar-refractivity contribution in [3.05, 3.63) is 48.3 Å². The van der Waals surface area contributed by atoms with Gasteiger partial charge in [-0.05, 0) is 12.6 Å². The number of urea groups is 1. The summed E-state index contributed by atoms with van der Waals surface area (Å²) in [6.07, 6.45) is 3.49. The summed E-state index contributed by atoms with van der Waals surface area (Å²) in [5, 5.41) is 7.20. The number of amides is 2. The largest absolute Gasteiger partial charge is 0.383 e. The van der Waals surface area contributed by atoms with E-state index in [2.05, 4.69) is 34.5 Å². The number of anilines is 1. The molecule has 0 aliphatic carbocycles. The molecule has 1 aliphatic rings. The highest BCUT2D eigenvalue weighted by molar-refractivity contribution is 5.89. The third-order valence-corrected chi connectivity index (χ3v) is 4.44. The molecule has 0 unspecified atom stereocenters. The second kappa shape index (κ2) is 8.13. The van der Waals surface area contributed by atoms with Gasteiger partial charge in [-0.25, -0.2) is 4.79 Å². The number of piperazine rings is 1. The number of hydrogen-bond acceptors (Lipinski definition) is 4. The van der Waals surface area contributed by atoms with Crippen molar-refractivity contribution >= 4 is 11.7 Å². The molecule has 1 aromatic heterocycles. The van der Waals surface area contributed by atoms with Gasteiger partial charge in [0.15, 0.2) is 0 Å². The molecule has 7 nitrogen and oxygen atoms in total. The fourth-order valence-corrected chi connectivity index (χ4v) is 3.05. The lowest BCUT2D eigenvalue weighted by molar-refractivity contribution is 0.116. The van der Waals surface area contributed by atoms with Crippen LogP contribution in [0.25, 0.3) is 0 Å². The Labute approximate surface area is 148 Å². The fourth-order valence-electron chi connectivity index (χ4n) is 3.05. The van der Waals surface area contributed by atoms with E-state index in [0.29, 0.717) is 25.4 Å². The average molecular weight is 343 g/mol. The van der Waals surface area contributed by atoms with Crippen LogP contribution in [0.3, 0.4) is 0 Å². The maximum atomic E-state index is 12.8. The Hall–Kier alpha value is -2.38. The molecular formula is C18H25N5O2. The van der Waals surface area contributed by atoms with E-state index in [0.717, 1.165) is 18.7 Å². The zero-order valence-corrected chi connectivity index (χ0v) is 14.8. The number of nitrogens with zero attached hydrogens (tertiary/aromatic N) is 4. The van der Waals surface area contributed by atoms with Gasteiger partial charge in [-0.2, -0.15) is 5.10 Å². The maximum absolute atomic E-state index is 12.8. The van der Waals surface area contributed by atoms with Crippen molar-refractivity contribution in [2.75, 3.05) is 45.7 Å². The van der Waals surface area contributed by atoms with E-state index in [-0.39, 0.29) is 12.1 Å². The molecule has 1 saturated heterocycles. The fraction of sp³-hybridized carbons (Fsp3) is 0.444. The molecule has 2 aromatic rings. The molecule has 3 rings (SSSR count). The molecule has 0 bridgehead atoms. The van der Waals surface area contributed by atoms with E-state index < -0.39 is 0 Å². The van der Waals surface area contributed by atoms with E-state index in [1.54, 1.807) is 18.0 Å². The maximum Gasteiger partial charge on any atom is 0.322 e. The van der Waals surface area contributed by atoms with Crippen molar-refractivity contribution in [1.29, 1.82) is 0 Å². The first-order chi connectivity index (χ1) is 12.2. The van der Waals surface area contributed by atoms with Crippen LogP contribution in [-0.2, 0) is 11.3 Å². The van der Waals surface area contributed by atoms with Crippen LogP contribution in [0.2, 0.25) is 0 Å². The van der Waals surface area contributed by atoms with Crippen LogP contribution < -0.4 is 5.32 Å². The summed E-state index contributed by atoms with van der Waals surface area (Å²) < 4.78 is 6.81. The van der Waals surface area contributed by atoms with Gasteiger partial charge in [0.1, 0.15) is 0 Å². The standard InChI is InChI=1S/C18H25N5O2/c1-21-8-9-23(17(14-21)15-6-4-3-5-7-15)18(24)20-16-12-19-22(13-16)10-11-25-2/h3-7,12-13,17H,8-11,14H2,1-2H3,(H,20,24)/t17-/m0/s1. The lowest BCUT2D eigenvalue weighted by Gasteiger charge is -2.40. The quantitative estimate of drug-likeness (QED) is 0.903. The van der Waals surface area contributed by atoms with Gasteiger partial charge in [0.05, 0.1) is 31.1 Å². The lowest BCUT2D eigenvalue weighted by Crippen LogP contribution is -2.50. The first kappa shape index (κ1) is 17.4. The topological polar surface area (TPSA) is 62.6 Å². The Balaban J connectivity index is 1.69. The SMILES string of the molecule is COCCn1cc(NC(=O)N2CCN(C)C[C@H]2c2ccccc2)cn1. The molecule has 1 aromatic carbocycles. The van der Waals surface area contributed by atoms with Crippen molar-refractivity contribution in [2.24, 2.45) is 0 Å². The van der Waals surface area contributed by atoms with Crippen LogP contribution in [0.15, 0.2) is 42.7 Å². The minimum absolute atomic E-state index is 0.0449. The molecule has 1 N–H and O–H groups in total. The summed E-state index contributed by atoms with van der Waals surface area (Å²) >= 11 is 0. The number of methoxy groups -OCH3 is 1. The zero-order chi connectivity index (χ0) is 17.6. The molecule has 2 heterocycles. The van der Waals surface area contributed by atoms with Crippen LogP contribution in [0.1, 0.15) is 11.6 Å². The molecule has 7 heteroatoms. The number of ether oxygens (including phenoxy) is 1. The monoisotopic (exact) mass is 343 g/mol. The average Bonchev–Trinajstić information content (AvgIpc) is 3.07. The highest BCUT2D eigenvalue weighted by Gasteiger charge is 2.30. The van der Waals surface area contributed by atoms with Crippen molar-refractivity contribution in [3.63, 3.8) is 0 Å². The van der Waals surface area contributed by atoms with Crippen molar-refractivity contribution in [2.45, 2.75) is 12.6 Å². The summed E-state index contributed by atoms with van der Waals surface area (Å²) in [5.74, 6) is 0. The number of rotatable bonds is 5. The molecule has 134 valence electrons. The Morgan fingerprint density at radius 2 is 2.12 bits per heavy atom. The number of aromatic nitrogens is 2. The van der Waals surface area contributed by atoms with E-state index in [1.165, 1.54) is 0 Å². The van der Waals surface area contributed by atoms with Crippen LogP contribution >= 0.6 is 0 Å². The summed E-state index contributed by atoms with van der Waals surface area (Å²) in [6, 6.07) is 10.1. The highest BCUT2D eigenvalue weighted by atomic mass is 16.5. The molecule has 0 saturated carbocycles. The molecule has 2 amide bonds. The summed E-state index contributed by atoms with van der Waals surface area (Å²) in [5.41, 5.74) is 1.85. The molecule has 0 radical (unpaired) electrons. The summed E-state index contributed by atoms with van der Waals surface area (Å²) in [4.78, 5) is 17.0. The molecule has 1 aliphatic heterocycles. The van der Waals surface area contributed by atoms with Gasteiger partial charge in [-0.3, -0.25) is 4.68 Å². The number of carbonyl (C=O) groups excluding carboxylic acids is 1. The summed E-state index contributed by atoms with van der Waals surface area (Å²) in [7, 11) is 3.74. The lowest BCUT2D eigenvalue weighted by atomic mass is 10.0. The van der Waals surface area contributed by atoms with E-state index in [1.807, 2.05) is 29.3 Å². The normalized spacial score (nSPS) is 18.3. The van der Waals surface area contributed by atoms with E-state index in [9.17, 15) is 4.79 Å². The van der Waals surface area contributed by atoms with Gasteiger partial charge in [0, 0.05) is 32.9 Å². The number of nitrogens with one attached hydrogen (secondary N) is 1. The van der Waals surface area contributed by atoms with Gasteiger partial charge >= 0.3 is 6.03 Å². The first-order valence-corrected chi connectivity index (χ1v) is 8.50. The van der Waals surface area contributed by atoms with Crippen molar-refractivity contribution in [1.82, 2.24) is 19.6 Å². The number of likely N-dealkylation sites (N-methyl/N-ethyl adjacent to an activating group) is 1. The zero-order valence-electron chi connectivity index (χ0n) is 14.8. The third kappa shape index (κ3) is 4.37.